The van der Waals surface area contributed by atoms with E-state index in [2.05, 4.69) is 31.7 Å². The van der Waals surface area contributed by atoms with Gasteiger partial charge >= 0.3 is 0 Å². The van der Waals surface area contributed by atoms with E-state index in [1.165, 1.54) is 19.3 Å². The van der Waals surface area contributed by atoms with Crippen LogP contribution in [-0.2, 0) is 16.0 Å². The van der Waals surface area contributed by atoms with Gasteiger partial charge in [0.25, 0.3) is 0 Å². The zero-order chi connectivity index (χ0) is 19.4. The summed E-state index contributed by atoms with van der Waals surface area (Å²) in [6.45, 7) is 3.11. The Morgan fingerprint density at radius 3 is 2.83 bits per heavy atom. The summed E-state index contributed by atoms with van der Waals surface area (Å²) in [6, 6.07) is 6.27. The van der Waals surface area contributed by atoms with Gasteiger partial charge in [0.05, 0.1) is 31.0 Å². The summed E-state index contributed by atoms with van der Waals surface area (Å²) in [5, 5.41) is 2.93. The first kappa shape index (κ1) is 17.0. The fourth-order valence-electron chi connectivity index (χ4n) is 4.61. The van der Waals surface area contributed by atoms with Crippen LogP contribution >= 0.6 is 0 Å². The maximum Gasteiger partial charge on any atom is 0.228 e. The minimum Gasteiger partial charge on any atom is -0.378 e. The Bertz CT molecular complexity index is 1110. The van der Waals surface area contributed by atoms with Crippen LogP contribution in [-0.4, -0.2) is 46.6 Å². The van der Waals surface area contributed by atoms with Crippen LogP contribution in [0.2, 0.25) is 0 Å². The number of fused-ring (bicyclic) bond motifs is 2. The number of hydrogen-bond donors (Lipinski definition) is 1. The predicted octanol–water partition coefficient (Wildman–Crippen LogP) is 3.00. The molecule has 0 atom stereocenters. The smallest absolute Gasteiger partial charge is 0.228 e. The fraction of sp³-hybridized carbons (Fsp3) is 0.409. The molecule has 1 N–H and O–H groups in total. The van der Waals surface area contributed by atoms with E-state index in [0.717, 1.165) is 66.0 Å². The van der Waals surface area contributed by atoms with Crippen molar-refractivity contribution in [3.05, 3.63) is 41.9 Å². The normalized spacial score (nSPS) is 19.3. The molecule has 2 fully saturated rings. The number of imidazole rings is 1. The number of rotatable bonds is 3. The molecule has 0 bridgehead atoms. The van der Waals surface area contributed by atoms with Gasteiger partial charge in [-0.1, -0.05) is 12.5 Å². The first-order valence-electron chi connectivity index (χ1n) is 10.4. The van der Waals surface area contributed by atoms with Crippen molar-refractivity contribution >= 4 is 23.1 Å². The van der Waals surface area contributed by atoms with E-state index >= 15 is 0 Å². The Labute approximate surface area is 168 Å². The third-order valence-electron chi connectivity index (χ3n) is 6.36. The van der Waals surface area contributed by atoms with Crippen molar-refractivity contribution in [1.29, 1.82) is 0 Å². The molecule has 1 saturated heterocycles. The van der Waals surface area contributed by atoms with Crippen molar-refractivity contribution in [2.24, 2.45) is 0 Å². The lowest BCUT2D eigenvalue weighted by atomic mass is 9.81. The summed E-state index contributed by atoms with van der Waals surface area (Å²) in [4.78, 5) is 23.9. The van der Waals surface area contributed by atoms with Crippen LogP contribution in [0.5, 0.6) is 0 Å². The number of ether oxygens (including phenoxy) is 1. The van der Waals surface area contributed by atoms with Crippen LogP contribution in [0.15, 0.2) is 30.6 Å². The first-order valence-corrected chi connectivity index (χ1v) is 10.4. The maximum atomic E-state index is 11.8. The SMILES string of the molecule is O=C1Cc2cc(-c3c(C4CCC4)nc4c(N5CCOCC5)nccn34)ccc2N1. The monoisotopic (exact) mass is 389 g/mol. The maximum absolute atomic E-state index is 11.8. The Morgan fingerprint density at radius 1 is 1.17 bits per heavy atom. The molecular weight excluding hydrogens is 366 g/mol. The average Bonchev–Trinajstić information content (AvgIpc) is 3.25. The molecule has 7 heteroatoms. The standard InChI is InChI=1S/C22H23N5O2/c28-18-13-16-12-15(4-5-17(16)24-18)20-19(14-2-1-3-14)25-22-21(23-6-7-27(20)22)26-8-10-29-11-9-26/h4-7,12,14H,1-3,8-11,13H2,(H,24,28). The van der Waals surface area contributed by atoms with Crippen LogP contribution < -0.4 is 10.2 Å². The van der Waals surface area contributed by atoms with E-state index in [4.69, 9.17) is 9.72 Å². The highest BCUT2D eigenvalue weighted by atomic mass is 16.5. The van der Waals surface area contributed by atoms with Crippen LogP contribution in [0.1, 0.15) is 36.4 Å². The van der Waals surface area contributed by atoms with Crippen molar-refractivity contribution < 1.29 is 9.53 Å². The molecule has 3 aliphatic rings. The third-order valence-corrected chi connectivity index (χ3v) is 6.36. The average molecular weight is 389 g/mol. The number of benzene rings is 1. The van der Waals surface area contributed by atoms with Gasteiger partial charge in [-0.3, -0.25) is 9.20 Å². The summed E-state index contributed by atoms with van der Waals surface area (Å²) in [5.74, 6) is 1.49. The first-order chi connectivity index (χ1) is 14.3. The van der Waals surface area contributed by atoms with Gasteiger partial charge in [-0.15, -0.1) is 0 Å². The molecule has 0 radical (unpaired) electrons. The Hall–Kier alpha value is -2.93. The predicted molar refractivity (Wildman–Crippen MR) is 110 cm³/mol. The number of hydrogen-bond acceptors (Lipinski definition) is 5. The molecule has 0 spiro atoms. The van der Waals surface area contributed by atoms with Crippen molar-refractivity contribution in [2.45, 2.75) is 31.6 Å². The van der Waals surface area contributed by atoms with Crippen molar-refractivity contribution in [3.8, 4) is 11.3 Å². The van der Waals surface area contributed by atoms with Crippen LogP contribution in [0, 0.1) is 0 Å². The molecule has 1 aliphatic carbocycles. The third kappa shape index (κ3) is 2.72. The van der Waals surface area contributed by atoms with Crippen LogP contribution in [0.3, 0.4) is 0 Å². The number of aromatic nitrogens is 3. The van der Waals surface area contributed by atoms with E-state index in [-0.39, 0.29) is 5.91 Å². The van der Waals surface area contributed by atoms with Gasteiger partial charge in [-0.05, 0) is 30.5 Å². The van der Waals surface area contributed by atoms with E-state index < -0.39 is 0 Å². The summed E-state index contributed by atoms with van der Waals surface area (Å²) in [6.07, 6.45) is 7.95. The highest BCUT2D eigenvalue weighted by molar-refractivity contribution is 5.99. The summed E-state index contributed by atoms with van der Waals surface area (Å²) in [7, 11) is 0. The van der Waals surface area contributed by atoms with Gasteiger partial charge in [0.2, 0.25) is 5.91 Å². The van der Waals surface area contributed by atoms with Gasteiger partial charge < -0.3 is 15.0 Å². The summed E-state index contributed by atoms with van der Waals surface area (Å²) < 4.78 is 7.71. The molecule has 148 valence electrons. The molecule has 4 heterocycles. The molecule has 1 aromatic carbocycles. The minimum absolute atomic E-state index is 0.0633. The number of amides is 1. The highest BCUT2D eigenvalue weighted by Crippen LogP contribution is 2.42. The minimum atomic E-state index is 0.0633. The second kappa shape index (κ2) is 6.56. The highest BCUT2D eigenvalue weighted by Gasteiger charge is 2.30. The second-order valence-corrected chi connectivity index (χ2v) is 8.11. The van der Waals surface area contributed by atoms with Crippen molar-refractivity contribution in [3.63, 3.8) is 0 Å². The fourth-order valence-corrected chi connectivity index (χ4v) is 4.61. The summed E-state index contributed by atoms with van der Waals surface area (Å²) in [5.41, 5.74) is 6.33. The largest absolute Gasteiger partial charge is 0.378 e. The molecule has 29 heavy (non-hydrogen) atoms. The molecule has 1 saturated carbocycles. The van der Waals surface area contributed by atoms with E-state index in [1.54, 1.807) is 0 Å². The Balaban J connectivity index is 1.53. The Kier molecular flexibility index (Phi) is 3.84. The second-order valence-electron chi connectivity index (χ2n) is 8.11. The van der Waals surface area contributed by atoms with Crippen molar-refractivity contribution in [1.82, 2.24) is 14.4 Å². The molecule has 1 amide bonds. The quantitative estimate of drug-likeness (QED) is 0.746. The summed E-state index contributed by atoms with van der Waals surface area (Å²) >= 11 is 0. The van der Waals surface area contributed by atoms with E-state index in [9.17, 15) is 4.79 Å². The molecule has 0 unspecified atom stereocenters. The molecule has 6 rings (SSSR count). The topological polar surface area (TPSA) is 71.8 Å². The number of nitrogens with one attached hydrogen (secondary N) is 1. The number of morpholine rings is 1. The Morgan fingerprint density at radius 2 is 2.03 bits per heavy atom. The van der Waals surface area contributed by atoms with Crippen LogP contribution in [0.4, 0.5) is 11.5 Å². The van der Waals surface area contributed by atoms with Gasteiger partial charge in [0, 0.05) is 42.7 Å². The zero-order valence-electron chi connectivity index (χ0n) is 16.2. The number of carbonyl (C=O) groups excluding carboxylic acids is 1. The van der Waals surface area contributed by atoms with E-state index in [1.807, 2.05) is 18.5 Å². The molecule has 2 aromatic heterocycles. The van der Waals surface area contributed by atoms with Gasteiger partial charge in [0.1, 0.15) is 0 Å². The number of anilines is 2. The number of carbonyl (C=O) groups is 1. The van der Waals surface area contributed by atoms with Crippen LogP contribution in [0.25, 0.3) is 16.9 Å². The lowest BCUT2D eigenvalue weighted by Gasteiger charge is -2.27. The molecule has 3 aromatic rings. The van der Waals surface area contributed by atoms with Gasteiger partial charge in [-0.2, -0.15) is 0 Å². The van der Waals surface area contributed by atoms with Crippen molar-refractivity contribution in [2.75, 3.05) is 36.5 Å². The van der Waals surface area contributed by atoms with Gasteiger partial charge in [0.15, 0.2) is 11.5 Å². The molecule has 7 nitrogen and oxygen atoms in total. The molecular formula is C22H23N5O2. The van der Waals surface area contributed by atoms with E-state index in [0.29, 0.717) is 12.3 Å². The molecule has 2 aliphatic heterocycles. The lowest BCUT2D eigenvalue weighted by Crippen LogP contribution is -2.37. The number of nitrogens with zero attached hydrogens (tertiary/aromatic N) is 4. The van der Waals surface area contributed by atoms with Gasteiger partial charge in [-0.25, -0.2) is 9.97 Å². The lowest BCUT2D eigenvalue weighted by molar-refractivity contribution is -0.115. The zero-order valence-corrected chi connectivity index (χ0v) is 16.2.